The van der Waals surface area contributed by atoms with Crippen molar-refractivity contribution in [2.75, 3.05) is 30.3 Å². The highest BCUT2D eigenvalue weighted by molar-refractivity contribution is 7.92. The second kappa shape index (κ2) is 10.8. The Kier molecular flexibility index (Phi) is 8.44. The lowest BCUT2D eigenvalue weighted by Crippen LogP contribution is -2.39. The SMILES string of the molecule is CCOc1ccc(/C=N\NC(=O)CN(c2ccc(C)cc2C)S(C)(=O)=O)cc1OCC. The third-order valence-corrected chi connectivity index (χ3v) is 5.41. The van der Waals surface area contributed by atoms with Crippen molar-refractivity contribution < 1.29 is 22.7 Å². The lowest BCUT2D eigenvalue weighted by molar-refractivity contribution is -0.119. The van der Waals surface area contributed by atoms with Gasteiger partial charge in [0.05, 0.1) is 31.4 Å². The first kappa shape index (κ1) is 24.2. The Bertz CT molecular complexity index is 1050. The zero-order valence-electron chi connectivity index (χ0n) is 18.5. The molecule has 0 aliphatic heterocycles. The van der Waals surface area contributed by atoms with E-state index in [2.05, 4.69) is 10.5 Å². The first-order valence-corrected chi connectivity index (χ1v) is 11.8. The molecule has 2 aromatic rings. The molecular weight excluding hydrogens is 418 g/mol. The second-order valence-corrected chi connectivity index (χ2v) is 8.83. The van der Waals surface area contributed by atoms with Crippen LogP contribution in [0.15, 0.2) is 41.5 Å². The molecule has 8 nitrogen and oxygen atoms in total. The Labute approximate surface area is 183 Å². The molecule has 31 heavy (non-hydrogen) atoms. The van der Waals surface area contributed by atoms with Crippen molar-refractivity contribution in [3.05, 3.63) is 53.1 Å². The molecule has 0 fully saturated rings. The van der Waals surface area contributed by atoms with Crippen molar-refractivity contribution in [2.45, 2.75) is 27.7 Å². The summed E-state index contributed by atoms with van der Waals surface area (Å²) in [5.41, 5.74) is 5.30. The Morgan fingerprint density at radius 1 is 1.06 bits per heavy atom. The number of hydrogen-bond acceptors (Lipinski definition) is 6. The molecule has 0 saturated heterocycles. The molecule has 1 amide bonds. The molecule has 0 aliphatic carbocycles. The third kappa shape index (κ3) is 6.99. The Hall–Kier alpha value is -3.07. The molecule has 2 rings (SSSR count). The topological polar surface area (TPSA) is 97.3 Å². The first-order valence-electron chi connectivity index (χ1n) is 9.92. The lowest BCUT2D eigenvalue weighted by Gasteiger charge is -2.23. The molecule has 1 N–H and O–H groups in total. The van der Waals surface area contributed by atoms with E-state index in [0.717, 1.165) is 21.7 Å². The van der Waals surface area contributed by atoms with E-state index < -0.39 is 15.9 Å². The molecule has 0 atom stereocenters. The molecule has 9 heteroatoms. The molecule has 0 heterocycles. The number of rotatable bonds is 10. The van der Waals surface area contributed by atoms with Gasteiger partial charge >= 0.3 is 0 Å². The van der Waals surface area contributed by atoms with Gasteiger partial charge in [0.25, 0.3) is 5.91 Å². The molecule has 0 bridgehead atoms. The molecule has 168 valence electrons. The third-order valence-electron chi connectivity index (χ3n) is 4.28. The predicted octanol–water partition coefficient (Wildman–Crippen LogP) is 3.02. The molecule has 0 saturated carbocycles. The second-order valence-electron chi connectivity index (χ2n) is 6.92. The van der Waals surface area contributed by atoms with Crippen LogP contribution in [0.3, 0.4) is 0 Å². The maximum Gasteiger partial charge on any atom is 0.260 e. The highest BCUT2D eigenvalue weighted by Crippen LogP contribution is 2.28. The van der Waals surface area contributed by atoms with Crippen LogP contribution in [0, 0.1) is 13.8 Å². The van der Waals surface area contributed by atoms with Crippen molar-refractivity contribution >= 4 is 27.8 Å². The van der Waals surface area contributed by atoms with Crippen LogP contribution in [0.2, 0.25) is 0 Å². The number of amides is 1. The predicted molar refractivity (Wildman–Crippen MR) is 123 cm³/mol. The summed E-state index contributed by atoms with van der Waals surface area (Å²) in [6, 6.07) is 10.7. The van der Waals surface area contributed by atoms with Crippen LogP contribution in [0.1, 0.15) is 30.5 Å². The number of hydrazone groups is 1. The zero-order valence-corrected chi connectivity index (χ0v) is 19.3. The summed E-state index contributed by atoms with van der Waals surface area (Å²) in [4.78, 5) is 12.4. The number of nitrogens with one attached hydrogen (secondary N) is 1. The van der Waals surface area contributed by atoms with Crippen molar-refractivity contribution in [1.82, 2.24) is 5.43 Å². The van der Waals surface area contributed by atoms with Crippen LogP contribution in [-0.4, -0.2) is 46.6 Å². The van der Waals surface area contributed by atoms with Crippen LogP contribution in [0.25, 0.3) is 0 Å². The number of aryl methyl sites for hydroxylation is 2. The van der Waals surface area contributed by atoms with Gasteiger partial charge in [-0.05, 0) is 63.1 Å². The van der Waals surface area contributed by atoms with E-state index in [1.807, 2.05) is 26.8 Å². The largest absolute Gasteiger partial charge is 0.490 e. The smallest absolute Gasteiger partial charge is 0.260 e. The number of hydrogen-bond donors (Lipinski definition) is 1. The fourth-order valence-corrected chi connectivity index (χ4v) is 3.87. The van der Waals surface area contributed by atoms with Gasteiger partial charge in [-0.25, -0.2) is 13.8 Å². The van der Waals surface area contributed by atoms with Gasteiger partial charge in [-0.1, -0.05) is 17.7 Å². The number of carbonyl (C=O) groups is 1. The van der Waals surface area contributed by atoms with E-state index in [4.69, 9.17) is 9.47 Å². The van der Waals surface area contributed by atoms with Crippen LogP contribution < -0.4 is 19.2 Å². The van der Waals surface area contributed by atoms with E-state index in [0.29, 0.717) is 36.0 Å². The minimum atomic E-state index is -3.66. The van der Waals surface area contributed by atoms with Gasteiger partial charge in [-0.15, -0.1) is 0 Å². The van der Waals surface area contributed by atoms with Gasteiger partial charge in [0, 0.05) is 0 Å². The van der Waals surface area contributed by atoms with Crippen LogP contribution >= 0.6 is 0 Å². The Morgan fingerprint density at radius 2 is 1.74 bits per heavy atom. The highest BCUT2D eigenvalue weighted by Gasteiger charge is 2.22. The van der Waals surface area contributed by atoms with E-state index in [-0.39, 0.29) is 6.54 Å². The Balaban J connectivity index is 2.12. The van der Waals surface area contributed by atoms with Gasteiger partial charge in [-0.2, -0.15) is 5.10 Å². The van der Waals surface area contributed by atoms with Gasteiger partial charge in [-0.3, -0.25) is 9.10 Å². The van der Waals surface area contributed by atoms with Crippen LogP contribution in [-0.2, 0) is 14.8 Å². The minimum absolute atomic E-state index is 0.381. The zero-order chi connectivity index (χ0) is 23.0. The summed E-state index contributed by atoms with van der Waals surface area (Å²) < 4.78 is 36.7. The number of nitrogens with zero attached hydrogens (tertiary/aromatic N) is 2. The molecule has 0 spiro atoms. The Morgan fingerprint density at radius 3 is 2.35 bits per heavy atom. The van der Waals surface area contributed by atoms with Gasteiger partial charge in [0.1, 0.15) is 6.54 Å². The van der Waals surface area contributed by atoms with Crippen molar-refractivity contribution in [2.24, 2.45) is 5.10 Å². The molecule has 0 aliphatic rings. The van der Waals surface area contributed by atoms with E-state index >= 15 is 0 Å². The number of anilines is 1. The summed E-state index contributed by atoms with van der Waals surface area (Å²) in [7, 11) is -3.66. The quantitative estimate of drug-likeness (QED) is 0.446. The highest BCUT2D eigenvalue weighted by atomic mass is 32.2. The monoisotopic (exact) mass is 447 g/mol. The number of ether oxygens (including phenoxy) is 2. The number of benzene rings is 2. The van der Waals surface area contributed by atoms with Crippen molar-refractivity contribution in [3.63, 3.8) is 0 Å². The maximum atomic E-state index is 12.4. The van der Waals surface area contributed by atoms with Crippen LogP contribution in [0.5, 0.6) is 11.5 Å². The maximum absolute atomic E-state index is 12.4. The van der Waals surface area contributed by atoms with Crippen molar-refractivity contribution in [1.29, 1.82) is 0 Å². The molecule has 2 aromatic carbocycles. The summed E-state index contributed by atoms with van der Waals surface area (Å²) in [5, 5.41) is 3.94. The fourth-order valence-electron chi connectivity index (χ4n) is 2.96. The van der Waals surface area contributed by atoms with E-state index in [1.165, 1.54) is 6.21 Å². The summed E-state index contributed by atoms with van der Waals surface area (Å²) in [6.45, 7) is 8.10. The molecule has 0 aromatic heterocycles. The average molecular weight is 448 g/mol. The fraction of sp³-hybridized carbons (Fsp3) is 0.364. The van der Waals surface area contributed by atoms with Gasteiger partial charge < -0.3 is 9.47 Å². The number of carbonyl (C=O) groups excluding carboxylic acids is 1. The average Bonchev–Trinajstić information content (AvgIpc) is 2.68. The van der Waals surface area contributed by atoms with Gasteiger partial charge in [0.15, 0.2) is 11.5 Å². The summed E-state index contributed by atoms with van der Waals surface area (Å²) >= 11 is 0. The van der Waals surface area contributed by atoms with E-state index in [1.54, 1.807) is 37.3 Å². The lowest BCUT2D eigenvalue weighted by atomic mass is 10.1. The van der Waals surface area contributed by atoms with Gasteiger partial charge in [0.2, 0.25) is 10.0 Å². The number of sulfonamides is 1. The first-order chi connectivity index (χ1) is 14.7. The van der Waals surface area contributed by atoms with Crippen LogP contribution in [0.4, 0.5) is 5.69 Å². The molecule has 0 unspecified atom stereocenters. The summed E-state index contributed by atoms with van der Waals surface area (Å²) in [5.74, 6) is 0.651. The minimum Gasteiger partial charge on any atom is -0.490 e. The summed E-state index contributed by atoms with van der Waals surface area (Å²) in [6.07, 6.45) is 2.52. The normalized spacial score (nSPS) is 11.4. The molecule has 0 radical (unpaired) electrons. The van der Waals surface area contributed by atoms with E-state index in [9.17, 15) is 13.2 Å². The van der Waals surface area contributed by atoms with Crippen molar-refractivity contribution in [3.8, 4) is 11.5 Å². The molecular formula is C22H29N3O5S. The standard InChI is InChI=1S/C22H29N3O5S/c1-6-29-20-11-9-18(13-21(20)30-7-2)14-23-24-22(26)15-25(31(5,27)28)19-10-8-16(3)12-17(19)4/h8-14H,6-7,15H2,1-5H3,(H,24,26)/b23-14-.